The summed E-state index contributed by atoms with van der Waals surface area (Å²) in [7, 11) is 0. The maximum Gasteiger partial charge on any atom is 0.0577 e. The number of anilines is 2. The molecular formula is C12H17BrN2S. The monoisotopic (exact) mass is 300 g/mol. The number of rotatable bonds is 3. The Hall–Kier alpha value is -0.350. The van der Waals surface area contributed by atoms with Gasteiger partial charge in [0.15, 0.2) is 0 Å². The van der Waals surface area contributed by atoms with Gasteiger partial charge in [-0.1, -0.05) is 22.4 Å². The zero-order valence-corrected chi connectivity index (χ0v) is 11.8. The molecule has 2 rings (SSSR count). The van der Waals surface area contributed by atoms with Crippen molar-refractivity contribution in [3.8, 4) is 0 Å². The van der Waals surface area contributed by atoms with Gasteiger partial charge >= 0.3 is 0 Å². The highest BCUT2D eigenvalue weighted by molar-refractivity contribution is 9.10. The molecule has 0 aliphatic heterocycles. The lowest BCUT2D eigenvalue weighted by atomic mass is 10.2. The summed E-state index contributed by atoms with van der Waals surface area (Å²) < 4.78 is 1.03. The van der Waals surface area contributed by atoms with E-state index < -0.39 is 0 Å². The van der Waals surface area contributed by atoms with Gasteiger partial charge in [0, 0.05) is 15.8 Å². The van der Waals surface area contributed by atoms with Gasteiger partial charge in [-0.2, -0.15) is 11.8 Å². The Morgan fingerprint density at radius 2 is 2.25 bits per heavy atom. The quantitative estimate of drug-likeness (QED) is 0.836. The number of hydrogen-bond donors (Lipinski definition) is 2. The first-order chi connectivity index (χ1) is 7.70. The molecule has 1 aliphatic carbocycles. The Morgan fingerprint density at radius 1 is 1.44 bits per heavy atom. The van der Waals surface area contributed by atoms with Crippen LogP contribution in [0.3, 0.4) is 0 Å². The van der Waals surface area contributed by atoms with Crippen molar-refractivity contribution in [2.45, 2.75) is 30.6 Å². The topological polar surface area (TPSA) is 38.0 Å². The predicted octanol–water partition coefficient (Wildman–Crippen LogP) is 3.73. The summed E-state index contributed by atoms with van der Waals surface area (Å²) >= 11 is 5.38. The van der Waals surface area contributed by atoms with E-state index in [0.29, 0.717) is 6.04 Å². The minimum absolute atomic E-state index is 0.568. The smallest absolute Gasteiger partial charge is 0.0577 e. The average molecular weight is 301 g/mol. The van der Waals surface area contributed by atoms with Crippen molar-refractivity contribution in [3.05, 3.63) is 22.7 Å². The van der Waals surface area contributed by atoms with Crippen LogP contribution in [0, 0.1) is 0 Å². The van der Waals surface area contributed by atoms with Crippen LogP contribution in [-0.4, -0.2) is 17.5 Å². The van der Waals surface area contributed by atoms with Crippen LogP contribution in [0.5, 0.6) is 0 Å². The number of thioether (sulfide) groups is 1. The van der Waals surface area contributed by atoms with Crippen LogP contribution in [-0.2, 0) is 0 Å². The van der Waals surface area contributed by atoms with Gasteiger partial charge in [-0.3, -0.25) is 0 Å². The van der Waals surface area contributed by atoms with Crippen molar-refractivity contribution >= 4 is 39.1 Å². The van der Waals surface area contributed by atoms with Gasteiger partial charge in [-0.25, -0.2) is 0 Å². The molecule has 4 heteroatoms. The summed E-state index contributed by atoms with van der Waals surface area (Å²) in [5.41, 5.74) is 7.87. The molecule has 2 nitrogen and oxygen atoms in total. The summed E-state index contributed by atoms with van der Waals surface area (Å²) in [5.74, 6) is 0. The second-order valence-corrected chi connectivity index (χ2v) is 6.18. The van der Waals surface area contributed by atoms with E-state index in [1.807, 2.05) is 23.9 Å². The Bertz CT molecular complexity index is 370. The number of halogens is 1. The van der Waals surface area contributed by atoms with E-state index in [2.05, 4.69) is 33.6 Å². The highest BCUT2D eigenvalue weighted by atomic mass is 79.9. The highest BCUT2D eigenvalue weighted by Crippen LogP contribution is 2.32. The molecule has 1 saturated carbocycles. The lowest BCUT2D eigenvalue weighted by Gasteiger charge is -2.21. The molecule has 0 spiro atoms. The fourth-order valence-electron chi connectivity index (χ4n) is 2.24. The van der Waals surface area contributed by atoms with Crippen LogP contribution in [0.15, 0.2) is 22.7 Å². The maximum absolute atomic E-state index is 5.99. The largest absolute Gasteiger partial charge is 0.397 e. The summed E-state index contributed by atoms with van der Waals surface area (Å²) in [4.78, 5) is 0. The van der Waals surface area contributed by atoms with Crippen molar-refractivity contribution in [3.63, 3.8) is 0 Å². The summed E-state index contributed by atoms with van der Waals surface area (Å²) in [6.45, 7) is 0. The van der Waals surface area contributed by atoms with Crippen molar-refractivity contribution < 1.29 is 0 Å². The van der Waals surface area contributed by atoms with E-state index in [4.69, 9.17) is 5.73 Å². The highest BCUT2D eigenvalue weighted by Gasteiger charge is 2.26. The molecule has 16 heavy (non-hydrogen) atoms. The van der Waals surface area contributed by atoms with Gasteiger partial charge in [0.2, 0.25) is 0 Å². The van der Waals surface area contributed by atoms with Crippen molar-refractivity contribution in [1.82, 2.24) is 0 Å². The van der Waals surface area contributed by atoms with Crippen LogP contribution in [0.1, 0.15) is 19.3 Å². The standard InChI is InChI=1S/C12H17BrN2S/c1-16-12-4-2-3-11(12)15-10-6-5-8(13)7-9(10)14/h5-7,11-12,15H,2-4,14H2,1H3. The van der Waals surface area contributed by atoms with Crippen LogP contribution in [0.2, 0.25) is 0 Å². The van der Waals surface area contributed by atoms with Crippen LogP contribution < -0.4 is 11.1 Å². The first kappa shape index (κ1) is 12.1. The number of benzene rings is 1. The molecule has 0 radical (unpaired) electrons. The third kappa shape index (κ3) is 2.66. The molecule has 0 bridgehead atoms. The lowest BCUT2D eigenvalue weighted by Crippen LogP contribution is -2.26. The van der Waals surface area contributed by atoms with E-state index in [-0.39, 0.29) is 0 Å². The SMILES string of the molecule is CSC1CCCC1Nc1ccc(Br)cc1N. The maximum atomic E-state index is 5.99. The van der Waals surface area contributed by atoms with Crippen LogP contribution in [0.4, 0.5) is 11.4 Å². The fraction of sp³-hybridized carbons (Fsp3) is 0.500. The van der Waals surface area contributed by atoms with Crippen molar-refractivity contribution in [2.75, 3.05) is 17.3 Å². The van der Waals surface area contributed by atoms with E-state index in [0.717, 1.165) is 21.1 Å². The Balaban J connectivity index is 2.08. The molecule has 2 unspecified atom stereocenters. The zero-order valence-electron chi connectivity index (χ0n) is 9.37. The summed E-state index contributed by atoms with van der Waals surface area (Å²) in [6.07, 6.45) is 6.07. The number of nitrogens with one attached hydrogen (secondary N) is 1. The zero-order chi connectivity index (χ0) is 11.5. The van der Waals surface area contributed by atoms with Gasteiger partial charge < -0.3 is 11.1 Å². The molecule has 3 N–H and O–H groups in total. The average Bonchev–Trinajstić information content (AvgIpc) is 2.69. The normalized spacial score (nSPS) is 24.6. The Labute approximate surface area is 109 Å². The number of nitrogens with two attached hydrogens (primary N) is 1. The molecule has 1 aromatic rings. The summed E-state index contributed by atoms with van der Waals surface area (Å²) in [6, 6.07) is 6.60. The Kier molecular flexibility index (Phi) is 4.03. The number of hydrogen-bond acceptors (Lipinski definition) is 3. The van der Waals surface area contributed by atoms with E-state index in [9.17, 15) is 0 Å². The fourth-order valence-corrected chi connectivity index (χ4v) is 3.55. The molecule has 0 saturated heterocycles. The molecule has 0 amide bonds. The minimum Gasteiger partial charge on any atom is -0.397 e. The first-order valence-electron chi connectivity index (χ1n) is 5.55. The second-order valence-electron chi connectivity index (χ2n) is 4.19. The van der Waals surface area contributed by atoms with Crippen LogP contribution >= 0.6 is 27.7 Å². The van der Waals surface area contributed by atoms with Gasteiger partial charge in [-0.15, -0.1) is 0 Å². The van der Waals surface area contributed by atoms with Gasteiger partial charge in [0.05, 0.1) is 11.4 Å². The Morgan fingerprint density at radius 3 is 2.94 bits per heavy atom. The second kappa shape index (κ2) is 5.32. The van der Waals surface area contributed by atoms with E-state index in [1.165, 1.54) is 19.3 Å². The van der Waals surface area contributed by atoms with Crippen molar-refractivity contribution in [2.24, 2.45) is 0 Å². The molecular weight excluding hydrogens is 284 g/mol. The van der Waals surface area contributed by atoms with Gasteiger partial charge in [0.1, 0.15) is 0 Å². The molecule has 88 valence electrons. The van der Waals surface area contributed by atoms with Crippen LogP contribution in [0.25, 0.3) is 0 Å². The third-order valence-electron chi connectivity index (χ3n) is 3.11. The number of nitrogen functional groups attached to an aromatic ring is 1. The molecule has 1 fully saturated rings. The molecule has 1 aromatic carbocycles. The predicted molar refractivity (Wildman–Crippen MR) is 77.1 cm³/mol. The summed E-state index contributed by atoms with van der Waals surface area (Å²) in [5, 5.41) is 4.30. The molecule has 0 aromatic heterocycles. The van der Waals surface area contributed by atoms with Crippen molar-refractivity contribution in [1.29, 1.82) is 0 Å². The molecule has 0 heterocycles. The van der Waals surface area contributed by atoms with E-state index in [1.54, 1.807) is 0 Å². The minimum atomic E-state index is 0.568. The first-order valence-corrected chi connectivity index (χ1v) is 7.63. The third-order valence-corrected chi connectivity index (χ3v) is 4.77. The molecule has 2 atom stereocenters. The molecule has 1 aliphatic rings. The van der Waals surface area contributed by atoms with Gasteiger partial charge in [0.25, 0.3) is 0 Å². The van der Waals surface area contributed by atoms with Gasteiger partial charge in [-0.05, 0) is 37.3 Å². The van der Waals surface area contributed by atoms with E-state index >= 15 is 0 Å². The lowest BCUT2D eigenvalue weighted by molar-refractivity contribution is 0.769.